The van der Waals surface area contributed by atoms with Crippen LogP contribution in [0.25, 0.3) is 101 Å². The summed E-state index contributed by atoms with van der Waals surface area (Å²) in [5, 5.41) is 2.60. The molecular weight excluding hydrogens is 631 g/mol. The molecule has 9 aromatic rings. The van der Waals surface area contributed by atoms with E-state index in [0.717, 1.165) is 27.8 Å². The Labute approximate surface area is 302 Å². The van der Waals surface area contributed by atoms with E-state index in [4.69, 9.17) is 15.0 Å². The van der Waals surface area contributed by atoms with Gasteiger partial charge in [-0.2, -0.15) is 0 Å². The molecule has 1 aliphatic carbocycles. The molecule has 0 saturated carbocycles. The summed E-state index contributed by atoms with van der Waals surface area (Å²) in [6, 6.07) is 66.3. The monoisotopic (exact) mass is 661 g/mol. The maximum absolute atomic E-state index is 5.04. The molecule has 52 heavy (non-hydrogen) atoms. The third-order valence-electron chi connectivity index (χ3n) is 10.1. The molecule has 0 atom stereocenters. The van der Waals surface area contributed by atoms with Crippen molar-refractivity contribution in [2.24, 2.45) is 0 Å². The quantitative estimate of drug-likeness (QED) is 0.178. The van der Waals surface area contributed by atoms with Gasteiger partial charge in [-0.1, -0.05) is 188 Å². The third-order valence-corrected chi connectivity index (χ3v) is 10.1. The van der Waals surface area contributed by atoms with Crippen LogP contribution in [-0.2, 0) is 0 Å². The molecule has 0 spiro atoms. The highest BCUT2D eigenvalue weighted by Gasteiger charge is 2.27. The summed E-state index contributed by atoms with van der Waals surface area (Å²) in [5.74, 6) is 1.95. The number of benzene rings is 8. The summed E-state index contributed by atoms with van der Waals surface area (Å²) < 4.78 is 0. The zero-order chi connectivity index (χ0) is 34.4. The van der Waals surface area contributed by atoms with Crippen LogP contribution in [0.15, 0.2) is 188 Å². The van der Waals surface area contributed by atoms with Crippen molar-refractivity contribution in [1.82, 2.24) is 15.0 Å². The van der Waals surface area contributed by atoms with Gasteiger partial charge in [-0.3, -0.25) is 0 Å². The molecule has 0 amide bonds. The van der Waals surface area contributed by atoms with Gasteiger partial charge in [-0.15, -0.1) is 0 Å². The highest BCUT2D eigenvalue weighted by molar-refractivity contribution is 6.21. The molecule has 0 radical (unpaired) electrons. The molecule has 8 aromatic carbocycles. The standard InChI is InChI=1S/C49H31N3/c1-4-14-32(15-5-1)39-30-31-40(46-43-25-13-21-35-20-12-24-42(44(35)43)45(39)46)34-28-26-33(27-29-34)38-22-10-11-23-41(38)49-51-47(36-16-6-2-7-17-36)50-48(52-49)37-18-8-3-9-19-37/h1-31H. The molecule has 0 bridgehead atoms. The van der Waals surface area contributed by atoms with Crippen LogP contribution in [0.2, 0.25) is 0 Å². The second kappa shape index (κ2) is 12.4. The van der Waals surface area contributed by atoms with Gasteiger partial charge >= 0.3 is 0 Å². The largest absolute Gasteiger partial charge is 0.208 e. The Kier molecular flexibility index (Phi) is 7.14. The average molecular weight is 662 g/mol. The lowest BCUT2D eigenvalue weighted by atomic mass is 9.87. The molecule has 1 aliphatic rings. The van der Waals surface area contributed by atoms with Gasteiger partial charge in [0, 0.05) is 16.7 Å². The summed E-state index contributed by atoms with van der Waals surface area (Å²) in [5.41, 5.74) is 15.1. The Balaban J connectivity index is 1.10. The van der Waals surface area contributed by atoms with Crippen molar-refractivity contribution in [3.63, 3.8) is 0 Å². The molecule has 0 aliphatic heterocycles. The van der Waals surface area contributed by atoms with Gasteiger partial charge in [-0.05, 0) is 66.4 Å². The van der Waals surface area contributed by atoms with E-state index in [9.17, 15) is 0 Å². The van der Waals surface area contributed by atoms with E-state index >= 15 is 0 Å². The number of aromatic nitrogens is 3. The number of fused-ring (bicyclic) bond motifs is 3. The summed E-state index contributed by atoms with van der Waals surface area (Å²) in [7, 11) is 0. The molecule has 10 rings (SSSR count). The number of nitrogens with zero attached hydrogens (tertiary/aromatic N) is 3. The molecule has 0 unspecified atom stereocenters. The molecule has 242 valence electrons. The van der Waals surface area contributed by atoms with Crippen molar-refractivity contribution >= 4 is 10.8 Å². The van der Waals surface area contributed by atoms with Gasteiger partial charge in [0.1, 0.15) is 0 Å². The van der Waals surface area contributed by atoms with E-state index < -0.39 is 0 Å². The Morgan fingerprint density at radius 2 is 0.615 bits per heavy atom. The first-order chi connectivity index (χ1) is 25.8. The number of hydrogen-bond donors (Lipinski definition) is 0. The molecule has 0 fully saturated rings. The molecule has 1 heterocycles. The van der Waals surface area contributed by atoms with Gasteiger partial charge in [0.2, 0.25) is 0 Å². The summed E-state index contributed by atoms with van der Waals surface area (Å²) in [6.07, 6.45) is 0. The van der Waals surface area contributed by atoms with Crippen molar-refractivity contribution in [2.45, 2.75) is 0 Å². The van der Waals surface area contributed by atoms with Crippen LogP contribution < -0.4 is 0 Å². The minimum atomic E-state index is 0.646. The lowest BCUT2D eigenvalue weighted by Crippen LogP contribution is -2.01. The van der Waals surface area contributed by atoms with Crippen molar-refractivity contribution in [3.8, 4) is 89.8 Å². The second-order valence-corrected chi connectivity index (χ2v) is 13.1. The normalized spacial score (nSPS) is 11.5. The van der Waals surface area contributed by atoms with Crippen molar-refractivity contribution in [1.29, 1.82) is 0 Å². The second-order valence-electron chi connectivity index (χ2n) is 13.1. The van der Waals surface area contributed by atoms with Crippen LogP contribution in [0.5, 0.6) is 0 Å². The Bertz CT molecular complexity index is 2690. The smallest absolute Gasteiger partial charge is 0.164 e. The zero-order valence-corrected chi connectivity index (χ0v) is 28.2. The summed E-state index contributed by atoms with van der Waals surface area (Å²) >= 11 is 0. The van der Waals surface area contributed by atoms with Gasteiger partial charge < -0.3 is 0 Å². The van der Waals surface area contributed by atoms with Crippen LogP contribution >= 0.6 is 0 Å². The Morgan fingerprint density at radius 3 is 1.13 bits per heavy atom. The predicted octanol–water partition coefficient (Wildman–Crippen LogP) is 12.7. The zero-order valence-electron chi connectivity index (χ0n) is 28.2. The third kappa shape index (κ3) is 5.02. The van der Waals surface area contributed by atoms with Crippen LogP contribution in [-0.4, -0.2) is 15.0 Å². The fourth-order valence-corrected chi connectivity index (χ4v) is 7.71. The van der Waals surface area contributed by atoms with E-state index in [-0.39, 0.29) is 0 Å². The molecule has 0 saturated heterocycles. The van der Waals surface area contributed by atoms with Gasteiger partial charge in [0.05, 0.1) is 0 Å². The van der Waals surface area contributed by atoms with Gasteiger partial charge in [-0.25, -0.2) is 15.0 Å². The van der Waals surface area contributed by atoms with Crippen LogP contribution in [0.3, 0.4) is 0 Å². The maximum atomic E-state index is 5.04. The summed E-state index contributed by atoms with van der Waals surface area (Å²) in [6.45, 7) is 0. The van der Waals surface area contributed by atoms with E-state index in [1.807, 2.05) is 60.7 Å². The van der Waals surface area contributed by atoms with Crippen molar-refractivity contribution in [2.75, 3.05) is 0 Å². The number of rotatable bonds is 6. The first-order valence-electron chi connectivity index (χ1n) is 17.6. The van der Waals surface area contributed by atoms with E-state index in [1.165, 1.54) is 55.3 Å². The Hall–Kier alpha value is -6.97. The molecule has 3 nitrogen and oxygen atoms in total. The average Bonchev–Trinajstić information content (AvgIpc) is 3.57. The maximum Gasteiger partial charge on any atom is 0.164 e. The van der Waals surface area contributed by atoms with E-state index in [1.54, 1.807) is 0 Å². The van der Waals surface area contributed by atoms with E-state index in [2.05, 4.69) is 127 Å². The molecular formula is C49H31N3. The van der Waals surface area contributed by atoms with Crippen LogP contribution in [0.4, 0.5) is 0 Å². The number of hydrogen-bond acceptors (Lipinski definition) is 3. The van der Waals surface area contributed by atoms with Crippen molar-refractivity contribution < 1.29 is 0 Å². The first-order valence-corrected chi connectivity index (χ1v) is 17.6. The topological polar surface area (TPSA) is 38.7 Å². The lowest BCUT2D eigenvalue weighted by molar-refractivity contribution is 1.07. The minimum Gasteiger partial charge on any atom is -0.208 e. The van der Waals surface area contributed by atoms with Crippen LogP contribution in [0.1, 0.15) is 0 Å². The first kappa shape index (κ1) is 29.9. The predicted molar refractivity (Wildman–Crippen MR) is 214 cm³/mol. The SMILES string of the molecule is c1ccc(-c2nc(-c3ccccc3)nc(-c3ccccc3-c3ccc(-c4ccc(-c5ccccc5)c5c4-c4cccc6cccc-5c46)cc3)n2)cc1. The minimum absolute atomic E-state index is 0.646. The van der Waals surface area contributed by atoms with E-state index in [0.29, 0.717) is 17.5 Å². The molecule has 1 aromatic heterocycles. The highest BCUT2D eigenvalue weighted by Crippen LogP contribution is 2.54. The van der Waals surface area contributed by atoms with Crippen molar-refractivity contribution in [3.05, 3.63) is 188 Å². The fraction of sp³-hybridized carbons (Fsp3) is 0. The lowest BCUT2D eigenvalue weighted by Gasteiger charge is -2.16. The molecule has 0 N–H and O–H groups in total. The highest BCUT2D eigenvalue weighted by atomic mass is 15.0. The fourth-order valence-electron chi connectivity index (χ4n) is 7.71. The van der Waals surface area contributed by atoms with Crippen LogP contribution in [0, 0.1) is 0 Å². The summed E-state index contributed by atoms with van der Waals surface area (Å²) in [4.78, 5) is 15.0. The Morgan fingerprint density at radius 1 is 0.231 bits per heavy atom. The van der Waals surface area contributed by atoms with Gasteiger partial charge in [0.25, 0.3) is 0 Å². The molecule has 3 heteroatoms. The van der Waals surface area contributed by atoms with Gasteiger partial charge in [0.15, 0.2) is 17.5 Å².